The van der Waals surface area contributed by atoms with Crippen molar-refractivity contribution in [3.8, 4) is 16.9 Å². The van der Waals surface area contributed by atoms with Gasteiger partial charge in [-0.15, -0.1) is 0 Å². The van der Waals surface area contributed by atoms with E-state index in [9.17, 15) is 9.18 Å². The second-order valence-corrected chi connectivity index (χ2v) is 4.86. The Labute approximate surface area is 124 Å². The quantitative estimate of drug-likeness (QED) is 0.850. The summed E-state index contributed by atoms with van der Waals surface area (Å²) in [7, 11) is 0. The molecule has 0 atom stereocenters. The van der Waals surface area contributed by atoms with E-state index in [2.05, 4.69) is 15.9 Å². The van der Waals surface area contributed by atoms with Crippen LogP contribution in [0, 0.1) is 5.82 Å². The second kappa shape index (κ2) is 6.52. The van der Waals surface area contributed by atoms with Gasteiger partial charge in [0, 0.05) is 10.9 Å². The van der Waals surface area contributed by atoms with Crippen LogP contribution in [0.4, 0.5) is 4.39 Å². The van der Waals surface area contributed by atoms with Crippen molar-refractivity contribution in [3.63, 3.8) is 0 Å². The van der Waals surface area contributed by atoms with Crippen molar-refractivity contribution in [2.24, 2.45) is 5.73 Å². The average Bonchev–Trinajstić information content (AvgIpc) is 2.46. The molecular formula is C15H13BrFNO2. The lowest BCUT2D eigenvalue weighted by Gasteiger charge is -2.13. The zero-order valence-corrected chi connectivity index (χ0v) is 12.2. The van der Waals surface area contributed by atoms with E-state index in [0.29, 0.717) is 16.5 Å². The lowest BCUT2D eigenvalue weighted by atomic mass is 10.0. The molecule has 0 saturated heterocycles. The minimum absolute atomic E-state index is 0.0446. The summed E-state index contributed by atoms with van der Waals surface area (Å²) in [5.41, 5.74) is 6.38. The Hall–Kier alpha value is -1.88. The molecule has 0 aliphatic carbocycles. The van der Waals surface area contributed by atoms with Crippen LogP contribution in [-0.2, 0) is 0 Å². The van der Waals surface area contributed by atoms with Crippen molar-refractivity contribution < 1.29 is 13.9 Å². The normalized spacial score (nSPS) is 10.3. The summed E-state index contributed by atoms with van der Waals surface area (Å²) in [4.78, 5) is 11.3. The van der Waals surface area contributed by atoms with Gasteiger partial charge in [-0.05, 0) is 11.6 Å². The second-order valence-electron chi connectivity index (χ2n) is 4.07. The number of primary amides is 1. The minimum Gasteiger partial charge on any atom is -0.489 e. The number of carbonyl (C=O) groups excluding carboxylic acids is 1. The molecule has 20 heavy (non-hydrogen) atoms. The first-order valence-electron chi connectivity index (χ1n) is 6.01. The molecule has 0 heterocycles. The lowest BCUT2D eigenvalue weighted by Crippen LogP contribution is -2.15. The van der Waals surface area contributed by atoms with E-state index in [1.54, 1.807) is 12.1 Å². The van der Waals surface area contributed by atoms with E-state index < -0.39 is 11.7 Å². The molecule has 0 saturated carbocycles. The lowest BCUT2D eigenvalue weighted by molar-refractivity contribution is 0.0996. The number of alkyl halides is 1. The first-order chi connectivity index (χ1) is 9.65. The number of hydrogen-bond acceptors (Lipinski definition) is 2. The molecule has 0 unspecified atom stereocenters. The monoisotopic (exact) mass is 337 g/mol. The van der Waals surface area contributed by atoms with Crippen LogP contribution in [0.3, 0.4) is 0 Å². The molecule has 2 aromatic rings. The summed E-state index contributed by atoms with van der Waals surface area (Å²) in [5.74, 6) is -1.39. The number of halogens is 2. The van der Waals surface area contributed by atoms with Crippen molar-refractivity contribution in [2.45, 2.75) is 0 Å². The molecule has 0 aliphatic rings. The van der Waals surface area contributed by atoms with Crippen molar-refractivity contribution in [2.75, 3.05) is 11.9 Å². The van der Waals surface area contributed by atoms with Gasteiger partial charge in [0.25, 0.3) is 5.91 Å². The molecule has 5 heteroatoms. The standard InChI is InChI=1S/C15H13BrFNO2/c16-8-9-20-14-12(15(18)19)7-6-11(13(14)17)10-4-2-1-3-5-10/h1-7H,8-9H2,(H2,18,19). The highest BCUT2D eigenvalue weighted by atomic mass is 79.9. The Bertz CT molecular complexity index is 617. The SMILES string of the molecule is NC(=O)c1ccc(-c2ccccc2)c(F)c1OCCBr. The molecule has 0 radical (unpaired) electrons. The third kappa shape index (κ3) is 2.99. The van der Waals surface area contributed by atoms with E-state index in [1.807, 2.05) is 18.2 Å². The van der Waals surface area contributed by atoms with Gasteiger partial charge in [-0.1, -0.05) is 52.3 Å². The van der Waals surface area contributed by atoms with Crippen molar-refractivity contribution in [3.05, 3.63) is 53.8 Å². The molecule has 0 aromatic heterocycles. The Morgan fingerprint density at radius 2 is 1.90 bits per heavy atom. The van der Waals surface area contributed by atoms with Crippen LogP contribution in [0.5, 0.6) is 5.75 Å². The Morgan fingerprint density at radius 3 is 2.50 bits per heavy atom. The molecule has 0 aliphatic heterocycles. The van der Waals surface area contributed by atoms with E-state index >= 15 is 0 Å². The highest BCUT2D eigenvalue weighted by Crippen LogP contribution is 2.32. The zero-order valence-electron chi connectivity index (χ0n) is 10.6. The number of rotatable bonds is 5. The molecule has 2 aromatic carbocycles. The molecule has 104 valence electrons. The maximum absolute atomic E-state index is 14.6. The molecule has 0 fully saturated rings. The van der Waals surface area contributed by atoms with Crippen LogP contribution in [0.15, 0.2) is 42.5 Å². The number of nitrogens with two attached hydrogens (primary N) is 1. The van der Waals surface area contributed by atoms with Gasteiger partial charge in [0.15, 0.2) is 11.6 Å². The predicted molar refractivity (Wildman–Crippen MR) is 79.6 cm³/mol. The first kappa shape index (κ1) is 14.5. The summed E-state index contributed by atoms with van der Waals surface area (Å²) in [6, 6.07) is 12.1. The van der Waals surface area contributed by atoms with Crippen molar-refractivity contribution in [1.29, 1.82) is 0 Å². The van der Waals surface area contributed by atoms with Crippen LogP contribution in [0.1, 0.15) is 10.4 Å². The maximum Gasteiger partial charge on any atom is 0.252 e. The summed E-state index contributed by atoms with van der Waals surface area (Å²) in [6.45, 7) is 0.245. The smallest absolute Gasteiger partial charge is 0.252 e. The summed E-state index contributed by atoms with van der Waals surface area (Å²) in [5, 5.41) is 0.528. The summed E-state index contributed by atoms with van der Waals surface area (Å²) < 4.78 is 19.9. The summed E-state index contributed by atoms with van der Waals surface area (Å²) >= 11 is 3.19. The predicted octanol–water partition coefficient (Wildman–Crippen LogP) is 3.37. The largest absolute Gasteiger partial charge is 0.489 e. The number of amides is 1. The Balaban J connectivity index is 2.54. The van der Waals surface area contributed by atoms with Crippen LogP contribution < -0.4 is 10.5 Å². The van der Waals surface area contributed by atoms with Gasteiger partial charge in [-0.25, -0.2) is 4.39 Å². The molecular weight excluding hydrogens is 325 g/mol. The van der Waals surface area contributed by atoms with Gasteiger partial charge in [0.2, 0.25) is 0 Å². The highest BCUT2D eigenvalue weighted by molar-refractivity contribution is 9.09. The fraction of sp³-hybridized carbons (Fsp3) is 0.133. The van der Waals surface area contributed by atoms with Crippen LogP contribution in [0.25, 0.3) is 11.1 Å². The van der Waals surface area contributed by atoms with Crippen LogP contribution in [0.2, 0.25) is 0 Å². The average molecular weight is 338 g/mol. The maximum atomic E-state index is 14.6. The molecule has 2 N–H and O–H groups in total. The van der Waals surface area contributed by atoms with Gasteiger partial charge in [-0.3, -0.25) is 4.79 Å². The number of hydrogen-bond donors (Lipinski definition) is 1. The third-order valence-corrected chi connectivity index (χ3v) is 3.09. The van der Waals surface area contributed by atoms with Gasteiger partial charge < -0.3 is 10.5 Å². The van der Waals surface area contributed by atoms with Gasteiger partial charge >= 0.3 is 0 Å². The summed E-state index contributed by atoms with van der Waals surface area (Å²) in [6.07, 6.45) is 0. The number of carbonyl (C=O) groups is 1. The Morgan fingerprint density at radius 1 is 1.20 bits per heavy atom. The van der Waals surface area contributed by atoms with E-state index in [-0.39, 0.29) is 17.9 Å². The first-order valence-corrected chi connectivity index (χ1v) is 7.13. The van der Waals surface area contributed by atoms with E-state index in [1.165, 1.54) is 12.1 Å². The van der Waals surface area contributed by atoms with E-state index in [0.717, 1.165) is 0 Å². The zero-order chi connectivity index (χ0) is 14.5. The third-order valence-electron chi connectivity index (χ3n) is 2.77. The molecule has 1 amide bonds. The fourth-order valence-electron chi connectivity index (χ4n) is 1.87. The fourth-order valence-corrected chi connectivity index (χ4v) is 2.03. The highest BCUT2D eigenvalue weighted by Gasteiger charge is 2.18. The van der Waals surface area contributed by atoms with Gasteiger partial charge in [0.05, 0.1) is 12.2 Å². The molecule has 0 bridgehead atoms. The molecule has 3 nitrogen and oxygen atoms in total. The topological polar surface area (TPSA) is 52.3 Å². The Kier molecular flexibility index (Phi) is 4.74. The van der Waals surface area contributed by atoms with Crippen LogP contribution >= 0.6 is 15.9 Å². The van der Waals surface area contributed by atoms with Gasteiger partial charge in [-0.2, -0.15) is 0 Å². The molecule has 2 rings (SSSR count). The molecule has 0 spiro atoms. The number of benzene rings is 2. The van der Waals surface area contributed by atoms with Crippen molar-refractivity contribution >= 4 is 21.8 Å². The van der Waals surface area contributed by atoms with Crippen LogP contribution in [-0.4, -0.2) is 17.8 Å². The minimum atomic E-state index is -0.715. The van der Waals surface area contributed by atoms with Gasteiger partial charge in [0.1, 0.15) is 0 Å². The van der Waals surface area contributed by atoms with E-state index in [4.69, 9.17) is 10.5 Å². The number of ether oxygens (including phenoxy) is 1. The van der Waals surface area contributed by atoms with Crippen molar-refractivity contribution in [1.82, 2.24) is 0 Å².